The molecular formula is C13H10ClN5O2. The number of benzene rings is 1. The van der Waals surface area contributed by atoms with Crippen LogP contribution >= 0.6 is 11.6 Å². The highest BCUT2D eigenvalue weighted by Crippen LogP contribution is 2.21. The number of nitrogens with zero attached hydrogens (tertiary/aromatic N) is 4. The number of rotatable bonds is 4. The summed E-state index contributed by atoms with van der Waals surface area (Å²) in [6.45, 7) is 0.306. The molecule has 8 heteroatoms. The van der Waals surface area contributed by atoms with Crippen LogP contribution in [0.15, 0.2) is 41.1 Å². The maximum Gasteiger partial charge on any atom is 0.270 e. The van der Waals surface area contributed by atoms with Crippen molar-refractivity contribution in [3.63, 3.8) is 0 Å². The SMILES string of the molecule is NC(=O)c1cn(Cc2cc(-c3ccc(Cl)cc3)no2)nn1. The fraction of sp³-hybridized carbons (Fsp3) is 0.0769. The average molecular weight is 304 g/mol. The standard InChI is InChI=1S/C13H10ClN5O2/c14-9-3-1-8(2-4-9)11-5-10(21-17-11)6-19-7-12(13(15)20)16-18-19/h1-5,7H,6H2,(H2,15,20). The van der Waals surface area contributed by atoms with E-state index < -0.39 is 5.91 Å². The molecule has 0 aliphatic carbocycles. The second kappa shape index (κ2) is 5.37. The minimum atomic E-state index is -0.624. The van der Waals surface area contributed by atoms with E-state index in [4.69, 9.17) is 21.9 Å². The first-order chi connectivity index (χ1) is 10.1. The van der Waals surface area contributed by atoms with E-state index in [0.717, 1.165) is 5.56 Å². The van der Waals surface area contributed by atoms with Crippen LogP contribution in [0.2, 0.25) is 5.02 Å². The summed E-state index contributed by atoms with van der Waals surface area (Å²) in [6, 6.07) is 9.05. The third-order valence-electron chi connectivity index (χ3n) is 2.81. The number of carbonyl (C=O) groups excluding carboxylic acids is 1. The van der Waals surface area contributed by atoms with Crippen molar-refractivity contribution in [2.75, 3.05) is 0 Å². The van der Waals surface area contributed by atoms with E-state index in [1.165, 1.54) is 10.9 Å². The first-order valence-corrected chi connectivity index (χ1v) is 6.41. The molecule has 3 aromatic rings. The molecule has 0 atom stereocenters. The van der Waals surface area contributed by atoms with Crippen molar-refractivity contribution < 1.29 is 9.32 Å². The Morgan fingerprint density at radius 3 is 2.76 bits per heavy atom. The normalized spacial score (nSPS) is 10.7. The minimum absolute atomic E-state index is 0.104. The Hall–Kier alpha value is -2.67. The van der Waals surface area contributed by atoms with E-state index >= 15 is 0 Å². The first kappa shape index (κ1) is 13.3. The molecule has 2 aromatic heterocycles. The van der Waals surface area contributed by atoms with E-state index in [1.54, 1.807) is 18.2 Å². The molecule has 0 saturated carbocycles. The van der Waals surface area contributed by atoms with Crippen LogP contribution in [0.5, 0.6) is 0 Å². The zero-order valence-electron chi connectivity index (χ0n) is 10.7. The largest absolute Gasteiger partial charge is 0.364 e. The number of halogens is 1. The second-order valence-electron chi connectivity index (χ2n) is 4.35. The van der Waals surface area contributed by atoms with E-state index in [0.29, 0.717) is 23.0 Å². The van der Waals surface area contributed by atoms with Crippen molar-refractivity contribution in [3.8, 4) is 11.3 Å². The first-order valence-electron chi connectivity index (χ1n) is 6.03. The Balaban J connectivity index is 1.78. The number of nitrogens with two attached hydrogens (primary N) is 1. The van der Waals surface area contributed by atoms with Gasteiger partial charge in [-0.3, -0.25) is 4.79 Å². The topological polar surface area (TPSA) is 99.8 Å². The van der Waals surface area contributed by atoms with Gasteiger partial charge in [0.15, 0.2) is 11.5 Å². The number of hydrogen-bond acceptors (Lipinski definition) is 5. The van der Waals surface area contributed by atoms with Crippen LogP contribution in [0, 0.1) is 0 Å². The quantitative estimate of drug-likeness (QED) is 0.791. The predicted octanol–water partition coefficient (Wildman–Crippen LogP) is 1.73. The van der Waals surface area contributed by atoms with Gasteiger partial charge in [-0.15, -0.1) is 5.10 Å². The lowest BCUT2D eigenvalue weighted by Crippen LogP contribution is -2.11. The van der Waals surface area contributed by atoms with Gasteiger partial charge in [-0.2, -0.15) is 0 Å². The summed E-state index contributed by atoms with van der Waals surface area (Å²) in [6.07, 6.45) is 1.45. The number of hydrogen-bond donors (Lipinski definition) is 1. The average Bonchev–Trinajstić information content (AvgIpc) is 3.10. The van der Waals surface area contributed by atoms with Crippen LogP contribution in [-0.2, 0) is 6.54 Å². The number of aromatic nitrogens is 4. The van der Waals surface area contributed by atoms with Crippen molar-refractivity contribution in [1.82, 2.24) is 20.2 Å². The highest BCUT2D eigenvalue weighted by Gasteiger charge is 2.10. The van der Waals surface area contributed by atoms with E-state index in [-0.39, 0.29) is 5.69 Å². The fourth-order valence-corrected chi connectivity index (χ4v) is 1.92. The molecule has 21 heavy (non-hydrogen) atoms. The van der Waals surface area contributed by atoms with Gasteiger partial charge in [-0.05, 0) is 12.1 Å². The van der Waals surface area contributed by atoms with Gasteiger partial charge in [0.2, 0.25) is 0 Å². The van der Waals surface area contributed by atoms with Gasteiger partial charge in [0.05, 0.1) is 6.20 Å². The van der Waals surface area contributed by atoms with E-state index in [9.17, 15) is 4.79 Å². The molecule has 1 aromatic carbocycles. The molecule has 1 amide bonds. The monoisotopic (exact) mass is 303 g/mol. The lowest BCUT2D eigenvalue weighted by atomic mass is 10.1. The molecule has 106 valence electrons. The van der Waals surface area contributed by atoms with Gasteiger partial charge in [-0.1, -0.05) is 34.1 Å². The summed E-state index contributed by atoms with van der Waals surface area (Å²) in [7, 11) is 0. The zero-order valence-corrected chi connectivity index (χ0v) is 11.5. The minimum Gasteiger partial charge on any atom is -0.364 e. The van der Waals surface area contributed by atoms with Gasteiger partial charge in [0.1, 0.15) is 12.2 Å². The molecule has 0 bridgehead atoms. The molecule has 0 aliphatic heterocycles. The highest BCUT2D eigenvalue weighted by atomic mass is 35.5. The molecule has 0 fully saturated rings. The second-order valence-corrected chi connectivity index (χ2v) is 4.79. The molecular weight excluding hydrogens is 294 g/mol. The lowest BCUT2D eigenvalue weighted by Gasteiger charge is -1.94. The van der Waals surface area contributed by atoms with Crippen LogP contribution in [0.1, 0.15) is 16.2 Å². The predicted molar refractivity (Wildman–Crippen MR) is 74.6 cm³/mol. The third kappa shape index (κ3) is 2.92. The number of amides is 1. The van der Waals surface area contributed by atoms with Crippen LogP contribution in [0.4, 0.5) is 0 Å². The summed E-state index contributed by atoms with van der Waals surface area (Å²) >= 11 is 5.84. The van der Waals surface area contributed by atoms with Gasteiger partial charge in [0, 0.05) is 16.7 Å². The molecule has 3 rings (SSSR count). The summed E-state index contributed by atoms with van der Waals surface area (Å²) in [5.74, 6) is -0.0402. The van der Waals surface area contributed by atoms with Crippen molar-refractivity contribution in [2.45, 2.75) is 6.54 Å². The van der Waals surface area contributed by atoms with Crippen molar-refractivity contribution in [3.05, 3.63) is 53.0 Å². The van der Waals surface area contributed by atoms with Crippen LogP contribution < -0.4 is 5.73 Å². The summed E-state index contributed by atoms with van der Waals surface area (Å²) in [5, 5.41) is 12.1. The zero-order chi connectivity index (χ0) is 14.8. The van der Waals surface area contributed by atoms with Gasteiger partial charge in [0.25, 0.3) is 5.91 Å². The summed E-state index contributed by atoms with van der Waals surface area (Å²) in [5.41, 5.74) is 6.80. The molecule has 0 unspecified atom stereocenters. The van der Waals surface area contributed by atoms with Gasteiger partial charge in [-0.25, -0.2) is 4.68 Å². The van der Waals surface area contributed by atoms with E-state index in [1.807, 2.05) is 12.1 Å². The maximum absolute atomic E-state index is 10.9. The number of carbonyl (C=O) groups is 1. The maximum atomic E-state index is 10.9. The van der Waals surface area contributed by atoms with Gasteiger partial charge >= 0.3 is 0 Å². The van der Waals surface area contributed by atoms with Crippen molar-refractivity contribution in [2.24, 2.45) is 5.73 Å². The Bertz CT molecular complexity index is 778. The molecule has 2 N–H and O–H groups in total. The molecule has 0 spiro atoms. The van der Waals surface area contributed by atoms with E-state index in [2.05, 4.69) is 15.5 Å². The Kier molecular flexibility index (Phi) is 3.41. The number of primary amides is 1. The molecule has 0 saturated heterocycles. The Morgan fingerprint density at radius 2 is 2.10 bits per heavy atom. The Labute approximate surface area is 124 Å². The summed E-state index contributed by atoms with van der Waals surface area (Å²) < 4.78 is 6.69. The molecule has 2 heterocycles. The van der Waals surface area contributed by atoms with Crippen molar-refractivity contribution >= 4 is 17.5 Å². The van der Waals surface area contributed by atoms with Gasteiger partial charge < -0.3 is 10.3 Å². The lowest BCUT2D eigenvalue weighted by molar-refractivity contribution is 0.0995. The van der Waals surface area contributed by atoms with Crippen LogP contribution in [-0.4, -0.2) is 26.1 Å². The molecule has 0 radical (unpaired) electrons. The third-order valence-corrected chi connectivity index (χ3v) is 3.06. The molecule has 0 aliphatic rings. The smallest absolute Gasteiger partial charge is 0.270 e. The molecule has 7 nitrogen and oxygen atoms in total. The summed E-state index contributed by atoms with van der Waals surface area (Å²) in [4.78, 5) is 10.9. The Morgan fingerprint density at radius 1 is 1.33 bits per heavy atom. The van der Waals surface area contributed by atoms with Crippen molar-refractivity contribution in [1.29, 1.82) is 0 Å². The fourth-order valence-electron chi connectivity index (χ4n) is 1.79. The van der Waals surface area contributed by atoms with Crippen LogP contribution in [0.3, 0.4) is 0 Å². The highest BCUT2D eigenvalue weighted by molar-refractivity contribution is 6.30. The van der Waals surface area contributed by atoms with Crippen LogP contribution in [0.25, 0.3) is 11.3 Å².